The van der Waals surface area contributed by atoms with Gasteiger partial charge in [-0.15, -0.1) is 0 Å². The molecule has 0 aromatic carbocycles. The van der Waals surface area contributed by atoms with Gasteiger partial charge in [0.25, 0.3) is 0 Å². The van der Waals surface area contributed by atoms with Crippen LogP contribution in [0.5, 0.6) is 0 Å². The van der Waals surface area contributed by atoms with Crippen molar-refractivity contribution in [1.82, 2.24) is 0 Å². The Kier molecular flexibility index (Phi) is 3.72. The van der Waals surface area contributed by atoms with Gasteiger partial charge >= 0.3 is 0 Å². The Hall–Kier alpha value is -0.620. The summed E-state index contributed by atoms with van der Waals surface area (Å²) in [5.74, 6) is -0.914. The molecule has 15 heavy (non-hydrogen) atoms. The number of quaternary nitrogens is 1. The first-order valence-corrected chi connectivity index (χ1v) is 6.90. The fourth-order valence-electron chi connectivity index (χ4n) is 1.84. The lowest BCUT2D eigenvalue weighted by atomic mass is 10.0. The zero-order valence-electron chi connectivity index (χ0n) is 8.97. The smallest absolute Gasteiger partial charge is 0.156 e. The molecule has 88 valence electrons. The van der Waals surface area contributed by atoms with Crippen LogP contribution in [0.4, 0.5) is 0 Å². The van der Waals surface area contributed by atoms with Crippen LogP contribution in [-0.2, 0) is 14.6 Å². The Balaban J connectivity index is 2.58. The van der Waals surface area contributed by atoms with Gasteiger partial charge in [0.2, 0.25) is 0 Å². The Bertz CT molecular complexity index is 336. The minimum absolute atomic E-state index is 0.0571. The molecule has 0 amide bonds. The fraction of sp³-hybridized carbons (Fsp3) is 0.889. The fourth-order valence-corrected chi connectivity index (χ4v) is 3.60. The summed E-state index contributed by atoms with van der Waals surface area (Å²) >= 11 is 0. The van der Waals surface area contributed by atoms with Crippen molar-refractivity contribution in [3.8, 4) is 0 Å². The lowest BCUT2D eigenvalue weighted by Crippen LogP contribution is -2.99. The first-order chi connectivity index (χ1) is 6.82. The Morgan fingerprint density at radius 3 is 2.40 bits per heavy atom. The van der Waals surface area contributed by atoms with Crippen molar-refractivity contribution >= 4 is 15.8 Å². The second kappa shape index (κ2) is 4.49. The van der Waals surface area contributed by atoms with Crippen LogP contribution < -0.4 is 10.4 Å². The standard InChI is InChI=1S/C9H17NO4S/c1-6(2)8(9(11)12)10-7-3-4-15(13,14)5-7/h6-8,10H,3-5H2,1-2H3,(H,11,12)/t7-,8+/m0/s1. The topological polar surface area (TPSA) is 90.9 Å². The van der Waals surface area contributed by atoms with E-state index in [0.29, 0.717) is 6.42 Å². The normalized spacial score (nSPS) is 26.7. The lowest BCUT2D eigenvalue weighted by Gasteiger charge is -2.22. The summed E-state index contributed by atoms with van der Waals surface area (Å²) in [6, 6.07) is -0.774. The minimum atomic E-state index is -2.94. The molecule has 0 aromatic rings. The molecule has 1 aliphatic rings. The summed E-state index contributed by atoms with van der Waals surface area (Å²) in [5, 5.41) is 12.4. The maximum absolute atomic E-state index is 11.2. The summed E-state index contributed by atoms with van der Waals surface area (Å²) in [5.41, 5.74) is 0. The van der Waals surface area contributed by atoms with Gasteiger partial charge in [0.15, 0.2) is 9.84 Å². The molecule has 1 saturated heterocycles. The predicted octanol–water partition coefficient (Wildman–Crippen LogP) is -2.49. The molecule has 1 aliphatic heterocycles. The summed E-state index contributed by atoms with van der Waals surface area (Å²) in [4.78, 5) is 10.8. The Morgan fingerprint density at radius 2 is 2.07 bits per heavy atom. The van der Waals surface area contributed by atoms with Gasteiger partial charge in [-0.2, -0.15) is 0 Å². The Labute approximate surface area is 89.8 Å². The second-order valence-corrected chi connectivity index (χ2v) is 6.67. The molecule has 2 N–H and O–H groups in total. The first-order valence-electron chi connectivity index (χ1n) is 5.08. The van der Waals surface area contributed by atoms with E-state index in [0.717, 1.165) is 0 Å². The van der Waals surface area contributed by atoms with E-state index in [4.69, 9.17) is 0 Å². The van der Waals surface area contributed by atoms with Crippen molar-refractivity contribution in [2.24, 2.45) is 5.92 Å². The number of carboxylic acids is 1. The quantitative estimate of drug-likeness (QED) is 0.583. The van der Waals surface area contributed by atoms with Gasteiger partial charge in [-0.3, -0.25) is 0 Å². The van der Waals surface area contributed by atoms with Crippen LogP contribution in [0.3, 0.4) is 0 Å². The number of carbonyl (C=O) groups is 1. The highest BCUT2D eigenvalue weighted by Crippen LogP contribution is 2.08. The highest BCUT2D eigenvalue weighted by Gasteiger charge is 2.33. The maximum atomic E-state index is 11.2. The number of carboxylic acid groups (broad SMARTS) is 1. The van der Waals surface area contributed by atoms with E-state index in [1.54, 1.807) is 19.2 Å². The van der Waals surface area contributed by atoms with E-state index in [9.17, 15) is 18.3 Å². The van der Waals surface area contributed by atoms with E-state index in [-0.39, 0.29) is 23.5 Å². The molecule has 0 radical (unpaired) electrons. The zero-order chi connectivity index (χ0) is 11.6. The molecule has 5 nitrogen and oxygen atoms in total. The molecule has 0 unspecified atom stereocenters. The van der Waals surface area contributed by atoms with Gasteiger partial charge in [-0.1, -0.05) is 13.8 Å². The molecule has 6 heteroatoms. The third kappa shape index (κ3) is 3.46. The average Bonchev–Trinajstić information content (AvgIpc) is 2.40. The SMILES string of the molecule is CC(C)[C@@H]([NH2+][C@H]1CCS(=O)(=O)C1)C(=O)[O-]. The average molecular weight is 235 g/mol. The number of carbonyl (C=O) groups excluding carboxylic acids is 1. The van der Waals surface area contributed by atoms with Crippen molar-refractivity contribution in [3.63, 3.8) is 0 Å². The van der Waals surface area contributed by atoms with Crippen molar-refractivity contribution < 1.29 is 23.6 Å². The molecule has 0 spiro atoms. The molecule has 1 rings (SSSR count). The van der Waals surface area contributed by atoms with Crippen LogP contribution in [0.15, 0.2) is 0 Å². The number of nitrogens with two attached hydrogens (primary N) is 1. The van der Waals surface area contributed by atoms with E-state index in [1.807, 2.05) is 0 Å². The van der Waals surface area contributed by atoms with Crippen LogP contribution in [0.1, 0.15) is 20.3 Å². The number of hydrogen-bond acceptors (Lipinski definition) is 4. The summed E-state index contributed by atoms with van der Waals surface area (Å²) in [7, 11) is -2.94. The van der Waals surface area contributed by atoms with E-state index in [1.165, 1.54) is 0 Å². The number of sulfone groups is 1. The first kappa shape index (κ1) is 12.4. The van der Waals surface area contributed by atoms with Crippen LogP contribution in [0, 0.1) is 5.92 Å². The molecule has 1 fully saturated rings. The van der Waals surface area contributed by atoms with E-state index < -0.39 is 21.8 Å². The lowest BCUT2D eigenvalue weighted by molar-refractivity contribution is -0.715. The third-order valence-corrected chi connectivity index (χ3v) is 4.53. The summed E-state index contributed by atoms with van der Waals surface area (Å²) in [6.45, 7) is 3.58. The number of hydrogen-bond donors (Lipinski definition) is 1. The molecule has 1 heterocycles. The highest BCUT2D eigenvalue weighted by molar-refractivity contribution is 7.91. The van der Waals surface area contributed by atoms with Gasteiger partial charge in [-0.05, 0) is 0 Å². The van der Waals surface area contributed by atoms with Crippen LogP contribution in [-0.4, -0.2) is 38.0 Å². The maximum Gasteiger partial charge on any atom is 0.156 e. The van der Waals surface area contributed by atoms with Crippen LogP contribution in [0.2, 0.25) is 0 Å². The van der Waals surface area contributed by atoms with Crippen molar-refractivity contribution in [2.75, 3.05) is 11.5 Å². The van der Waals surface area contributed by atoms with Gasteiger partial charge in [0.1, 0.15) is 17.8 Å². The molecule has 0 aromatic heterocycles. The van der Waals surface area contributed by atoms with Crippen LogP contribution >= 0.6 is 0 Å². The summed E-state index contributed by atoms with van der Waals surface area (Å²) in [6.07, 6.45) is 0.541. The van der Waals surface area contributed by atoms with Gasteiger partial charge < -0.3 is 15.2 Å². The van der Waals surface area contributed by atoms with E-state index in [2.05, 4.69) is 0 Å². The van der Waals surface area contributed by atoms with Crippen molar-refractivity contribution in [1.29, 1.82) is 0 Å². The second-order valence-electron chi connectivity index (χ2n) is 4.44. The number of rotatable bonds is 4. The molecular weight excluding hydrogens is 218 g/mol. The molecule has 0 aliphatic carbocycles. The van der Waals surface area contributed by atoms with Crippen LogP contribution in [0.25, 0.3) is 0 Å². The highest BCUT2D eigenvalue weighted by atomic mass is 32.2. The van der Waals surface area contributed by atoms with Crippen molar-refractivity contribution in [2.45, 2.75) is 32.4 Å². The predicted molar refractivity (Wildman–Crippen MR) is 52.6 cm³/mol. The van der Waals surface area contributed by atoms with Gasteiger partial charge in [-0.25, -0.2) is 8.42 Å². The largest absolute Gasteiger partial charge is 0.544 e. The molecule has 0 bridgehead atoms. The van der Waals surface area contributed by atoms with Gasteiger partial charge in [0.05, 0.1) is 11.7 Å². The molecule has 0 saturated carbocycles. The Morgan fingerprint density at radius 1 is 1.47 bits per heavy atom. The van der Waals surface area contributed by atoms with E-state index >= 15 is 0 Å². The monoisotopic (exact) mass is 235 g/mol. The molecule has 2 atom stereocenters. The third-order valence-electron chi connectivity index (χ3n) is 2.74. The number of aliphatic carboxylic acids is 1. The van der Waals surface area contributed by atoms with Gasteiger partial charge in [0, 0.05) is 12.3 Å². The molecular formula is C9H17NO4S. The van der Waals surface area contributed by atoms with Crippen molar-refractivity contribution in [3.05, 3.63) is 0 Å². The summed E-state index contributed by atoms with van der Waals surface area (Å²) < 4.78 is 22.4. The zero-order valence-corrected chi connectivity index (χ0v) is 9.79. The minimum Gasteiger partial charge on any atom is -0.544 e.